The Hall–Kier alpha value is -4.33. The van der Waals surface area contributed by atoms with Gasteiger partial charge in [0.25, 0.3) is 5.91 Å². The molecule has 1 N–H and O–H groups in total. The van der Waals surface area contributed by atoms with Crippen molar-refractivity contribution in [2.24, 2.45) is 0 Å². The van der Waals surface area contributed by atoms with Crippen LogP contribution in [-0.4, -0.2) is 32.1 Å². The molecular formula is C33H28ClNO5S. The Bertz CT molecular complexity index is 1660. The summed E-state index contributed by atoms with van der Waals surface area (Å²) in [6.07, 6.45) is 0.278. The maximum atomic E-state index is 13.2. The molecule has 1 aromatic heterocycles. The summed E-state index contributed by atoms with van der Waals surface area (Å²) in [6.45, 7) is 0.397. The molecule has 41 heavy (non-hydrogen) atoms. The number of esters is 1. The second-order valence-corrected chi connectivity index (χ2v) is 10.9. The van der Waals surface area contributed by atoms with Crippen LogP contribution < -0.4 is 14.8 Å². The van der Waals surface area contributed by atoms with Crippen LogP contribution in [0.25, 0.3) is 21.2 Å². The number of halogens is 1. The van der Waals surface area contributed by atoms with Crippen LogP contribution in [0.15, 0.2) is 97.1 Å². The Kier molecular flexibility index (Phi) is 8.87. The molecule has 0 aliphatic heterocycles. The predicted molar refractivity (Wildman–Crippen MR) is 163 cm³/mol. The van der Waals surface area contributed by atoms with Gasteiger partial charge in [-0.15, -0.1) is 11.3 Å². The number of fused-ring (bicyclic) bond motifs is 1. The fourth-order valence-electron chi connectivity index (χ4n) is 4.43. The summed E-state index contributed by atoms with van der Waals surface area (Å²) < 4.78 is 17.1. The highest BCUT2D eigenvalue weighted by Gasteiger charge is 2.24. The van der Waals surface area contributed by atoms with Crippen LogP contribution in [-0.2, 0) is 22.6 Å². The summed E-state index contributed by atoms with van der Waals surface area (Å²) in [5, 5.41) is 4.49. The summed E-state index contributed by atoms with van der Waals surface area (Å²) in [6, 6.07) is 29.8. The number of hydrogen-bond donors (Lipinski definition) is 1. The van der Waals surface area contributed by atoms with E-state index in [1.807, 2.05) is 97.1 Å². The first-order valence-corrected chi connectivity index (χ1v) is 14.1. The number of benzene rings is 4. The van der Waals surface area contributed by atoms with Crippen LogP contribution >= 0.6 is 22.9 Å². The lowest BCUT2D eigenvalue weighted by molar-refractivity contribution is -0.142. The van der Waals surface area contributed by atoms with Gasteiger partial charge in [-0.05, 0) is 82.2 Å². The van der Waals surface area contributed by atoms with Gasteiger partial charge in [-0.1, -0.05) is 54.1 Å². The molecule has 208 valence electrons. The van der Waals surface area contributed by atoms with Gasteiger partial charge in [0.05, 0.1) is 19.1 Å². The Morgan fingerprint density at radius 1 is 0.829 bits per heavy atom. The summed E-state index contributed by atoms with van der Waals surface area (Å²) in [4.78, 5) is 26.3. The van der Waals surface area contributed by atoms with Crippen molar-refractivity contribution in [2.45, 2.75) is 19.1 Å². The molecule has 0 aliphatic carbocycles. The third-order valence-electron chi connectivity index (χ3n) is 6.61. The molecule has 8 heteroatoms. The van der Waals surface area contributed by atoms with E-state index in [0.717, 1.165) is 38.1 Å². The first-order chi connectivity index (χ1) is 19.9. The third kappa shape index (κ3) is 7.06. The second-order valence-electron chi connectivity index (χ2n) is 9.41. The lowest BCUT2D eigenvalue weighted by Crippen LogP contribution is -2.42. The van der Waals surface area contributed by atoms with Crippen LogP contribution in [0, 0.1) is 0 Å². The topological polar surface area (TPSA) is 73.9 Å². The fraction of sp³-hybridized carbons (Fsp3) is 0.152. The van der Waals surface area contributed by atoms with E-state index < -0.39 is 12.0 Å². The molecule has 5 aromatic rings. The molecule has 0 unspecified atom stereocenters. The zero-order chi connectivity index (χ0) is 28.8. The molecule has 0 bridgehead atoms. The molecular weight excluding hydrogens is 558 g/mol. The number of nitrogens with one attached hydrogen (secondary N) is 1. The Morgan fingerprint density at radius 3 is 2.32 bits per heavy atom. The minimum atomic E-state index is -0.842. The van der Waals surface area contributed by atoms with Crippen molar-refractivity contribution in [1.29, 1.82) is 0 Å². The number of amides is 1. The van der Waals surface area contributed by atoms with Crippen LogP contribution in [0.3, 0.4) is 0 Å². The molecule has 5 rings (SSSR count). The molecule has 0 saturated carbocycles. The second kappa shape index (κ2) is 12.9. The lowest BCUT2D eigenvalue weighted by Gasteiger charge is -2.16. The molecule has 1 atom stereocenters. The van der Waals surface area contributed by atoms with Gasteiger partial charge in [-0.3, -0.25) is 4.79 Å². The van der Waals surface area contributed by atoms with E-state index in [1.165, 1.54) is 18.4 Å². The van der Waals surface area contributed by atoms with Crippen molar-refractivity contribution < 1.29 is 23.8 Å². The van der Waals surface area contributed by atoms with E-state index in [1.54, 1.807) is 7.11 Å². The Morgan fingerprint density at radius 2 is 1.59 bits per heavy atom. The smallest absolute Gasteiger partial charge is 0.328 e. The number of carbonyl (C=O) groups excluding carboxylic acids is 2. The zero-order valence-electron chi connectivity index (χ0n) is 22.6. The quantitative estimate of drug-likeness (QED) is 0.174. The number of hydrogen-bond acceptors (Lipinski definition) is 6. The highest BCUT2D eigenvalue weighted by Crippen LogP contribution is 2.31. The van der Waals surface area contributed by atoms with Crippen LogP contribution in [0.5, 0.6) is 11.5 Å². The van der Waals surface area contributed by atoms with Crippen molar-refractivity contribution in [2.75, 3.05) is 14.2 Å². The van der Waals surface area contributed by atoms with E-state index in [0.29, 0.717) is 22.3 Å². The average Bonchev–Trinajstić information content (AvgIpc) is 3.44. The van der Waals surface area contributed by atoms with Crippen molar-refractivity contribution in [1.82, 2.24) is 5.32 Å². The van der Waals surface area contributed by atoms with Gasteiger partial charge >= 0.3 is 5.97 Å². The van der Waals surface area contributed by atoms with Crippen molar-refractivity contribution in [3.05, 3.63) is 118 Å². The summed E-state index contributed by atoms with van der Waals surface area (Å²) in [5.41, 5.74) is 3.92. The van der Waals surface area contributed by atoms with Gasteiger partial charge in [0.1, 0.15) is 24.1 Å². The van der Waals surface area contributed by atoms with E-state index >= 15 is 0 Å². The Balaban J connectivity index is 1.24. The van der Waals surface area contributed by atoms with Crippen LogP contribution in [0.1, 0.15) is 20.8 Å². The van der Waals surface area contributed by atoms with Crippen molar-refractivity contribution in [3.63, 3.8) is 0 Å². The summed E-state index contributed by atoms with van der Waals surface area (Å²) in [7, 11) is 2.94. The zero-order valence-corrected chi connectivity index (χ0v) is 24.1. The van der Waals surface area contributed by atoms with Crippen molar-refractivity contribution in [3.8, 4) is 22.6 Å². The maximum absolute atomic E-state index is 13.2. The number of rotatable bonds is 10. The minimum absolute atomic E-state index is 0.278. The summed E-state index contributed by atoms with van der Waals surface area (Å²) in [5.74, 6) is 0.630. The lowest BCUT2D eigenvalue weighted by atomic mass is 10.0. The van der Waals surface area contributed by atoms with E-state index in [4.69, 9.17) is 25.8 Å². The molecule has 0 radical (unpaired) electrons. The van der Waals surface area contributed by atoms with Gasteiger partial charge in [-0.25, -0.2) is 4.79 Å². The van der Waals surface area contributed by atoms with E-state index in [-0.39, 0.29) is 12.3 Å². The maximum Gasteiger partial charge on any atom is 0.328 e. The summed E-state index contributed by atoms with van der Waals surface area (Å²) >= 11 is 7.40. The Labute approximate surface area is 247 Å². The van der Waals surface area contributed by atoms with Gasteiger partial charge in [0.2, 0.25) is 0 Å². The number of ether oxygens (including phenoxy) is 3. The highest BCUT2D eigenvalue weighted by molar-refractivity contribution is 7.20. The highest BCUT2D eigenvalue weighted by atomic mass is 35.5. The molecule has 6 nitrogen and oxygen atoms in total. The predicted octanol–water partition coefficient (Wildman–Crippen LogP) is 7.32. The molecule has 0 fully saturated rings. The fourth-order valence-corrected chi connectivity index (χ4v) is 5.50. The minimum Gasteiger partial charge on any atom is -0.497 e. The van der Waals surface area contributed by atoms with E-state index in [9.17, 15) is 9.59 Å². The van der Waals surface area contributed by atoms with Gasteiger partial charge in [0.15, 0.2) is 0 Å². The first-order valence-electron chi connectivity index (χ1n) is 12.9. The first kappa shape index (κ1) is 28.2. The molecule has 0 saturated heterocycles. The number of thiophene rings is 1. The normalized spacial score (nSPS) is 11.6. The standard InChI is InChI=1S/C33H28ClNO5S/c1-38-28-5-3-4-22(16-28)20-40-27-13-6-21(7-14-27)17-29(33(37)39-2)35-32(36)31-19-25-18-24(10-15-30(25)41-31)23-8-11-26(34)12-9-23/h3-16,18-19,29H,17,20H2,1-2H3,(H,35,36)/t29-/m0/s1. The molecule has 1 heterocycles. The molecule has 0 aliphatic rings. The van der Waals surface area contributed by atoms with Crippen molar-refractivity contribution >= 4 is 44.9 Å². The average molecular weight is 586 g/mol. The SMILES string of the molecule is COC(=O)[C@H](Cc1ccc(OCc2cccc(OC)c2)cc1)NC(=O)c1cc2cc(-c3ccc(Cl)cc3)ccc2s1. The molecule has 0 spiro atoms. The number of carbonyl (C=O) groups is 2. The van der Waals surface area contributed by atoms with Crippen LogP contribution in [0.4, 0.5) is 0 Å². The van der Waals surface area contributed by atoms with Crippen LogP contribution in [0.2, 0.25) is 5.02 Å². The van der Waals surface area contributed by atoms with Gasteiger partial charge in [0, 0.05) is 16.1 Å². The largest absolute Gasteiger partial charge is 0.497 e. The molecule has 4 aromatic carbocycles. The molecule has 1 amide bonds. The van der Waals surface area contributed by atoms with Gasteiger partial charge < -0.3 is 19.5 Å². The third-order valence-corrected chi connectivity index (χ3v) is 7.98. The number of methoxy groups -OCH3 is 2. The van der Waals surface area contributed by atoms with E-state index in [2.05, 4.69) is 5.32 Å². The monoisotopic (exact) mass is 585 g/mol. The van der Waals surface area contributed by atoms with Gasteiger partial charge in [-0.2, -0.15) is 0 Å².